The van der Waals surface area contributed by atoms with Gasteiger partial charge in [0.05, 0.1) is 25.5 Å². The number of hydrogen-bond donors (Lipinski definition) is 1. The molecule has 3 aromatic rings. The van der Waals surface area contributed by atoms with Crippen LogP contribution in [-0.2, 0) is 19.9 Å². The summed E-state index contributed by atoms with van der Waals surface area (Å²) in [5, 5.41) is 6.24. The van der Waals surface area contributed by atoms with Crippen molar-refractivity contribution in [3.63, 3.8) is 0 Å². The highest BCUT2D eigenvalue weighted by Crippen LogP contribution is 2.18. The smallest absolute Gasteiger partial charge is 0.285 e. The van der Waals surface area contributed by atoms with Crippen LogP contribution in [0.2, 0.25) is 0 Å². The van der Waals surface area contributed by atoms with E-state index in [0.717, 1.165) is 28.8 Å². The molecular formula is C24H34N5O+. The molecule has 1 atom stereocenters. The minimum absolute atomic E-state index is 0.0633. The lowest BCUT2D eigenvalue weighted by Crippen LogP contribution is -2.81. The lowest BCUT2D eigenvalue weighted by Gasteiger charge is -2.06. The average Bonchev–Trinajstić information content (AvgIpc) is 3.38. The molecule has 6 heteroatoms. The van der Waals surface area contributed by atoms with Crippen molar-refractivity contribution in [3.8, 4) is 0 Å². The van der Waals surface area contributed by atoms with Crippen molar-refractivity contribution in [1.29, 1.82) is 0 Å². The number of imidazole rings is 1. The molecule has 0 bridgehead atoms. The fraction of sp³-hybridized carbons (Fsp3) is 0.375. The molecule has 0 amide bonds. The summed E-state index contributed by atoms with van der Waals surface area (Å²) in [6.45, 7) is 10.1. The van der Waals surface area contributed by atoms with Gasteiger partial charge >= 0.3 is 0 Å². The normalized spacial score (nSPS) is 12.2. The molecule has 0 aliphatic carbocycles. The standard InChI is InChI=1S/C21H25N5O.C3H8/c1-5-16(6-2)17-9-7-15(8-10-17)11-20-24-21(27-25-20)19(22-3)12-18-13-26(4)14-23-18;1-3-2/h5-10,13-14,19,22H,1,11-12H2,2-4H3;3H2,1-2H3/p+1/b16-6+;. The monoisotopic (exact) mass is 408 g/mol. The quantitative estimate of drug-likeness (QED) is 0.574. The first-order valence-corrected chi connectivity index (χ1v) is 10.5. The van der Waals surface area contributed by atoms with Crippen LogP contribution >= 0.6 is 0 Å². The first kappa shape index (κ1) is 23.3. The first-order valence-electron chi connectivity index (χ1n) is 10.5. The van der Waals surface area contributed by atoms with Gasteiger partial charge in [0, 0.05) is 19.7 Å². The van der Waals surface area contributed by atoms with Gasteiger partial charge in [-0.1, -0.05) is 68.4 Å². The molecule has 2 N–H and O–H groups in total. The van der Waals surface area contributed by atoms with E-state index in [2.05, 4.69) is 71.2 Å². The van der Waals surface area contributed by atoms with Crippen LogP contribution in [0.25, 0.3) is 5.57 Å². The summed E-state index contributed by atoms with van der Waals surface area (Å²) in [4.78, 5) is 8.98. The highest BCUT2D eigenvalue weighted by Gasteiger charge is 2.22. The zero-order chi connectivity index (χ0) is 21.9. The summed E-state index contributed by atoms with van der Waals surface area (Å²) >= 11 is 0. The van der Waals surface area contributed by atoms with Crippen LogP contribution in [0.1, 0.15) is 61.8 Å². The molecule has 0 radical (unpaired) electrons. The van der Waals surface area contributed by atoms with Crippen LogP contribution < -0.4 is 5.32 Å². The van der Waals surface area contributed by atoms with Gasteiger partial charge in [0.25, 0.3) is 5.89 Å². The number of likely N-dealkylation sites (N-methyl/N-ethyl adjacent to an activating group) is 1. The zero-order valence-corrected chi connectivity index (χ0v) is 18.8. The van der Waals surface area contributed by atoms with E-state index in [-0.39, 0.29) is 6.04 Å². The van der Waals surface area contributed by atoms with Gasteiger partial charge in [0.1, 0.15) is 0 Å². The van der Waals surface area contributed by atoms with Crippen molar-refractivity contribution in [3.05, 3.63) is 84.1 Å². The van der Waals surface area contributed by atoms with Crippen molar-refractivity contribution in [2.75, 3.05) is 7.05 Å². The van der Waals surface area contributed by atoms with E-state index in [1.807, 2.05) is 37.9 Å². The maximum absolute atomic E-state index is 5.52. The van der Waals surface area contributed by atoms with Gasteiger partial charge in [0.15, 0.2) is 11.9 Å². The molecular weight excluding hydrogens is 374 g/mol. The van der Waals surface area contributed by atoms with Gasteiger partial charge in [-0.15, -0.1) is 0 Å². The highest BCUT2D eigenvalue weighted by molar-refractivity contribution is 5.73. The van der Waals surface area contributed by atoms with Gasteiger partial charge in [-0.25, -0.2) is 4.98 Å². The molecule has 0 spiro atoms. The third-order valence-corrected chi connectivity index (χ3v) is 4.57. The van der Waals surface area contributed by atoms with E-state index in [1.54, 1.807) is 6.33 Å². The van der Waals surface area contributed by atoms with Crippen molar-refractivity contribution in [1.82, 2.24) is 19.7 Å². The van der Waals surface area contributed by atoms with Crippen molar-refractivity contribution < 1.29 is 9.84 Å². The van der Waals surface area contributed by atoms with Gasteiger partial charge in [-0.05, 0) is 23.6 Å². The number of rotatable bonds is 8. The van der Waals surface area contributed by atoms with Crippen LogP contribution in [0.4, 0.5) is 0 Å². The minimum Gasteiger partial charge on any atom is -0.340 e. The molecule has 0 saturated carbocycles. The summed E-state index contributed by atoms with van der Waals surface area (Å²) in [5.74, 6) is 1.33. The number of aromatic nitrogens is 4. The average molecular weight is 409 g/mol. The third kappa shape index (κ3) is 6.52. The Balaban J connectivity index is 0.00000101. The maximum atomic E-state index is 5.52. The van der Waals surface area contributed by atoms with E-state index >= 15 is 0 Å². The Morgan fingerprint density at radius 1 is 1.27 bits per heavy atom. The number of allylic oxidation sites excluding steroid dienone is 3. The summed E-state index contributed by atoms with van der Waals surface area (Å²) in [6.07, 6.45) is 10.4. The first-order chi connectivity index (χ1) is 14.5. The molecule has 0 aliphatic heterocycles. The second-order valence-corrected chi connectivity index (χ2v) is 7.25. The van der Waals surface area contributed by atoms with E-state index in [1.165, 1.54) is 6.42 Å². The highest BCUT2D eigenvalue weighted by atomic mass is 16.5. The maximum Gasteiger partial charge on any atom is 0.285 e. The Hall–Kier alpha value is -2.99. The number of nitrogens with zero attached hydrogens (tertiary/aromatic N) is 4. The molecule has 2 aromatic heterocycles. The largest absolute Gasteiger partial charge is 0.340 e. The minimum atomic E-state index is 0.0633. The Kier molecular flexibility index (Phi) is 9.22. The second-order valence-electron chi connectivity index (χ2n) is 7.25. The van der Waals surface area contributed by atoms with Crippen LogP contribution in [0.5, 0.6) is 0 Å². The topological polar surface area (TPSA) is 73.3 Å². The van der Waals surface area contributed by atoms with E-state index in [4.69, 9.17) is 4.52 Å². The predicted octanol–water partition coefficient (Wildman–Crippen LogP) is 3.88. The van der Waals surface area contributed by atoms with Crippen molar-refractivity contribution in [2.24, 2.45) is 7.05 Å². The Bertz CT molecular complexity index is 937. The summed E-state index contributed by atoms with van der Waals surface area (Å²) in [5.41, 5.74) is 4.44. The summed E-state index contributed by atoms with van der Waals surface area (Å²) in [6, 6.07) is 8.44. The molecule has 0 aliphatic rings. The predicted molar refractivity (Wildman–Crippen MR) is 121 cm³/mol. The second kappa shape index (κ2) is 11.9. The van der Waals surface area contributed by atoms with Gasteiger partial charge in [-0.3, -0.25) is 0 Å². The van der Waals surface area contributed by atoms with Crippen LogP contribution in [0.15, 0.2) is 60.0 Å². The Morgan fingerprint density at radius 2 is 1.97 bits per heavy atom. The number of quaternary nitrogens is 1. The van der Waals surface area contributed by atoms with Crippen LogP contribution in [0, 0.1) is 0 Å². The molecule has 6 nitrogen and oxygen atoms in total. The summed E-state index contributed by atoms with van der Waals surface area (Å²) < 4.78 is 7.46. The van der Waals surface area contributed by atoms with E-state index in [9.17, 15) is 0 Å². The van der Waals surface area contributed by atoms with Crippen LogP contribution in [-0.4, -0.2) is 26.7 Å². The van der Waals surface area contributed by atoms with Gasteiger partial charge < -0.3 is 14.4 Å². The molecule has 3 rings (SSSR count). The Morgan fingerprint density at radius 3 is 2.50 bits per heavy atom. The summed E-state index contributed by atoms with van der Waals surface area (Å²) in [7, 11) is 3.97. The van der Waals surface area contributed by atoms with Crippen LogP contribution in [0.3, 0.4) is 0 Å². The number of hydrogen-bond acceptors (Lipinski definition) is 4. The van der Waals surface area contributed by atoms with Crippen molar-refractivity contribution >= 4 is 5.57 Å². The molecule has 30 heavy (non-hydrogen) atoms. The SMILES string of the molecule is C=C/C(=C\C)c1ccc(Cc2noc(C(Cc3cn(C)cn3)[NH2+]C)n2)cc1.CCC. The third-order valence-electron chi connectivity index (χ3n) is 4.57. The van der Waals surface area contributed by atoms with Crippen molar-refractivity contribution in [2.45, 2.75) is 46.1 Å². The number of benzene rings is 1. The fourth-order valence-corrected chi connectivity index (χ4v) is 3.04. The Labute approximate surface area is 179 Å². The number of aryl methyl sites for hydroxylation is 1. The van der Waals surface area contributed by atoms with E-state index < -0.39 is 0 Å². The molecule has 2 heterocycles. The van der Waals surface area contributed by atoms with Gasteiger partial charge in [0.2, 0.25) is 0 Å². The number of nitrogens with two attached hydrogens (primary N) is 1. The molecule has 160 valence electrons. The fourth-order valence-electron chi connectivity index (χ4n) is 3.04. The molecule has 0 saturated heterocycles. The lowest BCUT2D eigenvalue weighted by molar-refractivity contribution is -0.673. The van der Waals surface area contributed by atoms with E-state index in [0.29, 0.717) is 18.1 Å². The molecule has 0 fully saturated rings. The zero-order valence-electron chi connectivity index (χ0n) is 18.8. The molecule has 1 aromatic carbocycles. The lowest BCUT2D eigenvalue weighted by atomic mass is 10.0. The molecule has 1 unspecified atom stereocenters. The van der Waals surface area contributed by atoms with Gasteiger partial charge in [-0.2, -0.15) is 4.98 Å².